The van der Waals surface area contributed by atoms with Gasteiger partial charge in [0.1, 0.15) is 22.9 Å². The SMILES string of the molecule is CC(C)(C)OC(=O)N1CCC(F)(Cc2ccc(F)cc2F)CC1. The summed E-state index contributed by atoms with van der Waals surface area (Å²) in [5.41, 5.74) is -2.05. The number of hydrogen-bond acceptors (Lipinski definition) is 2. The van der Waals surface area contributed by atoms with Crippen LogP contribution in [0.1, 0.15) is 39.2 Å². The van der Waals surface area contributed by atoms with E-state index < -0.39 is 29.0 Å². The highest BCUT2D eigenvalue weighted by Gasteiger charge is 2.37. The molecule has 1 aromatic carbocycles. The van der Waals surface area contributed by atoms with Crippen LogP contribution in [0.5, 0.6) is 0 Å². The number of benzene rings is 1. The first kappa shape index (κ1) is 17.6. The second-order valence-electron chi connectivity index (χ2n) is 7.03. The summed E-state index contributed by atoms with van der Waals surface area (Å²) < 4.78 is 46.7. The highest BCUT2D eigenvalue weighted by Crippen LogP contribution is 2.32. The Morgan fingerprint density at radius 3 is 2.39 bits per heavy atom. The summed E-state index contributed by atoms with van der Waals surface area (Å²) >= 11 is 0. The van der Waals surface area contributed by atoms with Crippen molar-refractivity contribution >= 4 is 6.09 Å². The minimum atomic E-state index is -1.60. The van der Waals surface area contributed by atoms with Crippen molar-refractivity contribution in [2.75, 3.05) is 13.1 Å². The van der Waals surface area contributed by atoms with E-state index in [1.54, 1.807) is 20.8 Å². The zero-order valence-corrected chi connectivity index (χ0v) is 13.7. The fraction of sp³-hybridized carbons (Fsp3) is 0.588. The van der Waals surface area contributed by atoms with Gasteiger partial charge in [0.05, 0.1) is 0 Å². The molecule has 1 aliphatic heterocycles. The van der Waals surface area contributed by atoms with Gasteiger partial charge in [-0.05, 0) is 45.2 Å². The highest BCUT2D eigenvalue weighted by atomic mass is 19.1. The third-order valence-corrected chi connectivity index (χ3v) is 3.83. The van der Waals surface area contributed by atoms with E-state index >= 15 is 0 Å². The number of hydrogen-bond donors (Lipinski definition) is 0. The fourth-order valence-corrected chi connectivity index (χ4v) is 2.60. The lowest BCUT2D eigenvalue weighted by Gasteiger charge is -2.37. The molecule has 0 radical (unpaired) electrons. The molecule has 1 heterocycles. The number of amides is 1. The van der Waals surface area contributed by atoms with Crippen LogP contribution in [0.3, 0.4) is 0 Å². The summed E-state index contributed by atoms with van der Waals surface area (Å²) in [5, 5.41) is 0. The molecule has 3 nitrogen and oxygen atoms in total. The van der Waals surface area contributed by atoms with Gasteiger partial charge in [-0.1, -0.05) is 6.07 Å². The van der Waals surface area contributed by atoms with Crippen LogP contribution >= 0.6 is 0 Å². The Morgan fingerprint density at radius 2 is 1.87 bits per heavy atom. The van der Waals surface area contributed by atoms with Gasteiger partial charge in [0.25, 0.3) is 0 Å². The van der Waals surface area contributed by atoms with E-state index in [1.165, 1.54) is 11.0 Å². The van der Waals surface area contributed by atoms with Gasteiger partial charge in [-0.3, -0.25) is 0 Å². The predicted octanol–water partition coefficient (Wildman–Crippen LogP) is 4.25. The van der Waals surface area contributed by atoms with Crippen LogP contribution in [-0.2, 0) is 11.2 Å². The topological polar surface area (TPSA) is 29.5 Å². The molecule has 0 aliphatic carbocycles. The summed E-state index contributed by atoms with van der Waals surface area (Å²) in [6.07, 6.45) is -0.388. The van der Waals surface area contributed by atoms with Crippen LogP contribution < -0.4 is 0 Å². The Morgan fingerprint density at radius 1 is 1.26 bits per heavy atom. The average molecular weight is 329 g/mol. The zero-order valence-electron chi connectivity index (χ0n) is 13.7. The quantitative estimate of drug-likeness (QED) is 0.812. The molecule has 1 saturated heterocycles. The molecule has 0 saturated carbocycles. The summed E-state index contributed by atoms with van der Waals surface area (Å²) in [6.45, 7) is 5.74. The van der Waals surface area contributed by atoms with Crippen molar-refractivity contribution in [3.05, 3.63) is 35.4 Å². The molecule has 1 amide bonds. The first-order valence-electron chi connectivity index (χ1n) is 7.69. The molecule has 128 valence electrons. The van der Waals surface area contributed by atoms with Gasteiger partial charge < -0.3 is 9.64 Å². The number of ether oxygens (including phenoxy) is 1. The molecule has 23 heavy (non-hydrogen) atoms. The Kier molecular flexibility index (Phi) is 4.92. The van der Waals surface area contributed by atoms with Gasteiger partial charge in [0, 0.05) is 25.6 Å². The van der Waals surface area contributed by atoms with Crippen molar-refractivity contribution in [1.29, 1.82) is 0 Å². The smallest absolute Gasteiger partial charge is 0.410 e. The molecule has 1 fully saturated rings. The normalized spacial score (nSPS) is 17.9. The zero-order chi connectivity index (χ0) is 17.3. The number of carbonyl (C=O) groups excluding carboxylic acids is 1. The molecule has 0 aromatic heterocycles. The van der Waals surface area contributed by atoms with Crippen molar-refractivity contribution in [2.45, 2.75) is 51.3 Å². The second kappa shape index (κ2) is 6.42. The second-order valence-corrected chi connectivity index (χ2v) is 7.03. The van der Waals surface area contributed by atoms with Gasteiger partial charge in [0.15, 0.2) is 0 Å². The van der Waals surface area contributed by atoms with E-state index in [2.05, 4.69) is 0 Å². The van der Waals surface area contributed by atoms with Gasteiger partial charge in [0.2, 0.25) is 0 Å². The maximum atomic E-state index is 14.9. The lowest BCUT2D eigenvalue weighted by Crippen LogP contribution is -2.47. The van der Waals surface area contributed by atoms with Crippen LogP contribution in [0.4, 0.5) is 18.0 Å². The third kappa shape index (κ3) is 4.88. The maximum Gasteiger partial charge on any atom is 0.410 e. The van der Waals surface area contributed by atoms with Crippen LogP contribution in [0.25, 0.3) is 0 Å². The summed E-state index contributed by atoms with van der Waals surface area (Å²) in [6, 6.07) is 3.15. The lowest BCUT2D eigenvalue weighted by molar-refractivity contribution is 0.00322. The number of alkyl halides is 1. The molecule has 1 aromatic rings. The molecule has 2 rings (SSSR count). The van der Waals surface area contributed by atoms with E-state index in [9.17, 15) is 18.0 Å². The summed E-state index contributed by atoms with van der Waals surface area (Å²) in [5.74, 6) is -1.42. The van der Waals surface area contributed by atoms with Gasteiger partial charge in [-0.15, -0.1) is 0 Å². The van der Waals surface area contributed by atoms with E-state index in [1.807, 2.05) is 0 Å². The summed E-state index contributed by atoms with van der Waals surface area (Å²) in [7, 11) is 0. The van der Waals surface area contributed by atoms with E-state index in [-0.39, 0.29) is 37.9 Å². The Hall–Kier alpha value is -1.72. The van der Waals surface area contributed by atoms with E-state index in [4.69, 9.17) is 4.74 Å². The molecule has 0 unspecified atom stereocenters. The number of piperidine rings is 1. The predicted molar refractivity (Wildman–Crippen MR) is 80.9 cm³/mol. The Labute approximate surface area is 134 Å². The lowest BCUT2D eigenvalue weighted by atomic mass is 9.87. The van der Waals surface area contributed by atoms with Crippen molar-refractivity contribution in [3.8, 4) is 0 Å². The average Bonchev–Trinajstić information content (AvgIpc) is 2.41. The Balaban J connectivity index is 1.95. The fourth-order valence-electron chi connectivity index (χ4n) is 2.60. The van der Waals surface area contributed by atoms with E-state index in [0.717, 1.165) is 12.1 Å². The number of nitrogens with zero attached hydrogens (tertiary/aromatic N) is 1. The Bertz CT molecular complexity index is 576. The molecule has 0 N–H and O–H groups in total. The molecule has 0 bridgehead atoms. The maximum absolute atomic E-state index is 14.9. The molecule has 6 heteroatoms. The van der Waals surface area contributed by atoms with Crippen LogP contribution in [0.2, 0.25) is 0 Å². The van der Waals surface area contributed by atoms with Crippen molar-refractivity contribution < 1.29 is 22.7 Å². The molecular formula is C17H22F3NO2. The number of halogens is 3. The van der Waals surface area contributed by atoms with Crippen molar-refractivity contribution in [2.24, 2.45) is 0 Å². The first-order valence-corrected chi connectivity index (χ1v) is 7.69. The first-order chi connectivity index (χ1) is 10.6. The molecule has 0 atom stereocenters. The number of carbonyl (C=O) groups is 1. The van der Waals surface area contributed by atoms with Gasteiger partial charge in [-0.25, -0.2) is 18.0 Å². The number of likely N-dealkylation sites (tertiary alicyclic amines) is 1. The van der Waals surface area contributed by atoms with Gasteiger partial charge in [-0.2, -0.15) is 0 Å². The molecular weight excluding hydrogens is 307 g/mol. The molecule has 1 aliphatic rings. The standard InChI is InChI=1S/C17H22F3NO2/c1-16(2,3)23-15(22)21-8-6-17(20,7-9-21)11-12-4-5-13(18)10-14(12)19/h4-5,10H,6-9,11H2,1-3H3. The van der Waals surface area contributed by atoms with Crippen LogP contribution in [-0.4, -0.2) is 35.4 Å². The van der Waals surface area contributed by atoms with Gasteiger partial charge >= 0.3 is 6.09 Å². The van der Waals surface area contributed by atoms with Crippen LogP contribution in [0, 0.1) is 11.6 Å². The minimum Gasteiger partial charge on any atom is -0.444 e. The van der Waals surface area contributed by atoms with E-state index in [0.29, 0.717) is 0 Å². The third-order valence-electron chi connectivity index (χ3n) is 3.83. The summed E-state index contributed by atoms with van der Waals surface area (Å²) in [4.78, 5) is 13.4. The van der Waals surface area contributed by atoms with Crippen molar-refractivity contribution in [3.63, 3.8) is 0 Å². The van der Waals surface area contributed by atoms with Crippen molar-refractivity contribution in [1.82, 2.24) is 4.90 Å². The largest absolute Gasteiger partial charge is 0.444 e. The number of rotatable bonds is 2. The minimum absolute atomic E-state index is 0.100. The molecule has 0 spiro atoms. The monoisotopic (exact) mass is 329 g/mol. The van der Waals surface area contributed by atoms with Crippen LogP contribution in [0.15, 0.2) is 18.2 Å². The highest BCUT2D eigenvalue weighted by molar-refractivity contribution is 5.68.